The van der Waals surface area contributed by atoms with Gasteiger partial charge in [-0.25, -0.2) is 4.39 Å². The third-order valence-electron chi connectivity index (χ3n) is 2.64. The minimum absolute atomic E-state index is 0.801. The maximum absolute atomic E-state index is 12.8. The van der Waals surface area contributed by atoms with Gasteiger partial charge in [-0.05, 0) is 27.7 Å². The highest BCUT2D eigenvalue weighted by molar-refractivity contribution is 6.53. The van der Waals surface area contributed by atoms with Gasteiger partial charge in [0.15, 0.2) is 5.73 Å². The topological polar surface area (TPSA) is 18.5 Å². The average molecular weight is 208 g/mol. The van der Waals surface area contributed by atoms with E-state index in [2.05, 4.69) is 0 Å². The molecule has 6 heteroatoms. The molecule has 0 radical (unpaired) electrons. The smallest absolute Gasteiger partial charge is 0.398 e. The first kappa shape index (κ1) is 11.6. The van der Waals surface area contributed by atoms with Crippen molar-refractivity contribution in [1.29, 1.82) is 0 Å². The van der Waals surface area contributed by atoms with Crippen LogP contribution in [0.25, 0.3) is 0 Å². The molecule has 0 aromatic rings. The van der Waals surface area contributed by atoms with Crippen LogP contribution >= 0.6 is 0 Å². The molecule has 1 aliphatic rings. The van der Waals surface area contributed by atoms with Crippen LogP contribution in [0.5, 0.6) is 0 Å². The van der Waals surface area contributed by atoms with Crippen LogP contribution in [-0.4, -0.2) is 18.3 Å². The summed E-state index contributed by atoms with van der Waals surface area (Å²) in [6.07, 6.45) is -2.40. The van der Waals surface area contributed by atoms with Crippen LogP contribution in [0.4, 0.5) is 13.2 Å². The molecule has 2 nitrogen and oxygen atoms in total. The molecule has 0 amide bonds. The van der Waals surface area contributed by atoms with Crippen LogP contribution in [0, 0.1) is 0 Å². The second-order valence-electron chi connectivity index (χ2n) is 4.20. The van der Waals surface area contributed by atoms with Gasteiger partial charge in [-0.15, -0.1) is 0 Å². The summed E-state index contributed by atoms with van der Waals surface area (Å²) in [7, 11) is -1.59. The van der Waals surface area contributed by atoms with Crippen molar-refractivity contribution < 1.29 is 22.5 Å². The van der Waals surface area contributed by atoms with E-state index in [-0.39, 0.29) is 0 Å². The highest BCUT2D eigenvalue weighted by Gasteiger charge is 2.54. The zero-order valence-electron chi connectivity index (χ0n) is 8.53. The molecular formula is C8H12BF3O2. The predicted octanol–water partition coefficient (Wildman–Crippen LogP) is 2.70. The summed E-state index contributed by atoms with van der Waals surface area (Å²) in [5.41, 5.74) is -3.25. The summed E-state index contributed by atoms with van der Waals surface area (Å²) in [6, 6.07) is 0. The fraction of sp³-hybridized carbons (Fsp3) is 0.750. The van der Waals surface area contributed by atoms with Crippen molar-refractivity contribution in [3.63, 3.8) is 0 Å². The molecule has 1 aliphatic heterocycles. The molecule has 1 heterocycles. The summed E-state index contributed by atoms with van der Waals surface area (Å²) < 4.78 is 46.8. The average Bonchev–Trinajstić information content (AvgIpc) is 2.20. The number of hydrogen-bond donors (Lipinski definition) is 0. The van der Waals surface area contributed by atoms with Gasteiger partial charge in [-0.3, -0.25) is 0 Å². The van der Waals surface area contributed by atoms with E-state index in [4.69, 9.17) is 9.31 Å². The standard InChI is InChI=1S/C8H12BF3O2/c1-7(2)8(3,4)14-9(13-7)5(10)6(11)12/h1-4H3. The van der Waals surface area contributed by atoms with Crippen molar-refractivity contribution in [3.8, 4) is 0 Å². The van der Waals surface area contributed by atoms with Gasteiger partial charge in [0, 0.05) is 0 Å². The lowest BCUT2D eigenvalue weighted by Crippen LogP contribution is -2.41. The molecule has 0 aliphatic carbocycles. The maximum Gasteiger partial charge on any atom is 0.531 e. The third kappa shape index (κ3) is 1.81. The van der Waals surface area contributed by atoms with Crippen molar-refractivity contribution in [1.82, 2.24) is 0 Å². The zero-order chi connectivity index (χ0) is 11.1. The summed E-state index contributed by atoms with van der Waals surface area (Å²) in [5, 5.41) is 0. The van der Waals surface area contributed by atoms with Gasteiger partial charge in [-0.2, -0.15) is 8.78 Å². The van der Waals surface area contributed by atoms with E-state index in [1.54, 1.807) is 27.7 Å². The van der Waals surface area contributed by atoms with Gasteiger partial charge in [0.1, 0.15) is 0 Å². The molecule has 0 spiro atoms. The lowest BCUT2D eigenvalue weighted by atomic mass is 9.89. The first-order chi connectivity index (χ1) is 6.17. The van der Waals surface area contributed by atoms with E-state index in [9.17, 15) is 13.2 Å². The van der Waals surface area contributed by atoms with Gasteiger partial charge in [0.2, 0.25) is 0 Å². The van der Waals surface area contributed by atoms with E-state index in [0.29, 0.717) is 0 Å². The summed E-state index contributed by atoms with van der Waals surface area (Å²) in [5.74, 6) is 0. The predicted molar refractivity (Wildman–Crippen MR) is 46.4 cm³/mol. The van der Waals surface area contributed by atoms with E-state index >= 15 is 0 Å². The number of hydrogen-bond acceptors (Lipinski definition) is 2. The molecule has 0 saturated carbocycles. The molecule has 14 heavy (non-hydrogen) atoms. The molecule has 1 saturated heterocycles. The first-order valence-electron chi connectivity index (χ1n) is 4.24. The lowest BCUT2D eigenvalue weighted by Gasteiger charge is -2.32. The second kappa shape index (κ2) is 3.27. The van der Waals surface area contributed by atoms with Crippen LogP contribution < -0.4 is 0 Å². The fourth-order valence-corrected chi connectivity index (χ4v) is 1.04. The van der Waals surface area contributed by atoms with Crippen molar-refractivity contribution in [2.24, 2.45) is 0 Å². The van der Waals surface area contributed by atoms with Crippen molar-refractivity contribution in [2.45, 2.75) is 38.9 Å². The van der Waals surface area contributed by atoms with E-state index in [0.717, 1.165) is 0 Å². The van der Waals surface area contributed by atoms with Gasteiger partial charge in [0.05, 0.1) is 11.2 Å². The quantitative estimate of drug-likeness (QED) is 0.616. The zero-order valence-corrected chi connectivity index (χ0v) is 8.53. The SMILES string of the molecule is CC1(C)OB(C(F)=C(F)F)OC1(C)C. The van der Waals surface area contributed by atoms with E-state index < -0.39 is 30.1 Å². The van der Waals surface area contributed by atoms with E-state index in [1.165, 1.54) is 0 Å². The van der Waals surface area contributed by atoms with Crippen molar-refractivity contribution >= 4 is 7.12 Å². The molecule has 1 fully saturated rings. The van der Waals surface area contributed by atoms with E-state index in [1.807, 2.05) is 0 Å². The Balaban J connectivity index is 2.89. The fourth-order valence-electron chi connectivity index (χ4n) is 1.04. The highest BCUT2D eigenvalue weighted by Crippen LogP contribution is 2.39. The Labute approximate surface area is 81.2 Å². The van der Waals surface area contributed by atoms with Crippen molar-refractivity contribution in [3.05, 3.63) is 11.8 Å². The summed E-state index contributed by atoms with van der Waals surface area (Å²) in [4.78, 5) is 0. The van der Waals surface area contributed by atoms with Crippen LogP contribution in [-0.2, 0) is 9.31 Å². The largest absolute Gasteiger partial charge is 0.531 e. The minimum Gasteiger partial charge on any atom is -0.398 e. The van der Waals surface area contributed by atoms with Gasteiger partial charge >= 0.3 is 7.12 Å². The Morgan fingerprint density at radius 2 is 1.29 bits per heavy atom. The normalized spacial score (nSPS) is 23.8. The Morgan fingerprint density at radius 3 is 1.57 bits per heavy atom. The molecule has 0 aromatic carbocycles. The molecule has 0 bridgehead atoms. The van der Waals surface area contributed by atoms with Crippen LogP contribution in [0.3, 0.4) is 0 Å². The Bertz CT molecular complexity index is 256. The lowest BCUT2D eigenvalue weighted by molar-refractivity contribution is 0.00578. The first-order valence-corrected chi connectivity index (χ1v) is 4.24. The van der Waals surface area contributed by atoms with Gasteiger partial charge < -0.3 is 9.31 Å². The molecule has 1 rings (SSSR count). The number of halogens is 3. The van der Waals surface area contributed by atoms with Crippen LogP contribution in [0.15, 0.2) is 11.8 Å². The molecule has 80 valence electrons. The Kier molecular flexibility index (Phi) is 2.71. The number of rotatable bonds is 1. The molecule has 0 N–H and O–H groups in total. The summed E-state index contributed by atoms with van der Waals surface area (Å²) >= 11 is 0. The summed E-state index contributed by atoms with van der Waals surface area (Å²) in [6.45, 7) is 6.65. The maximum atomic E-state index is 12.8. The molecule has 0 aromatic heterocycles. The third-order valence-corrected chi connectivity index (χ3v) is 2.64. The van der Waals surface area contributed by atoms with Crippen LogP contribution in [0.2, 0.25) is 0 Å². The molecular weight excluding hydrogens is 196 g/mol. The minimum atomic E-state index is -2.40. The van der Waals surface area contributed by atoms with Gasteiger partial charge in [-0.1, -0.05) is 0 Å². The molecule has 0 atom stereocenters. The second-order valence-corrected chi connectivity index (χ2v) is 4.20. The molecule has 0 unspecified atom stereocenters. The van der Waals surface area contributed by atoms with Crippen molar-refractivity contribution in [2.75, 3.05) is 0 Å². The Hall–Kier alpha value is -0.485. The van der Waals surface area contributed by atoms with Crippen LogP contribution in [0.1, 0.15) is 27.7 Å². The Morgan fingerprint density at radius 1 is 0.929 bits per heavy atom. The monoisotopic (exact) mass is 208 g/mol. The van der Waals surface area contributed by atoms with Gasteiger partial charge in [0.25, 0.3) is 6.08 Å². The highest BCUT2D eigenvalue weighted by atomic mass is 19.3.